The van der Waals surface area contributed by atoms with Gasteiger partial charge in [0.15, 0.2) is 0 Å². The third kappa shape index (κ3) is 3.91. The van der Waals surface area contributed by atoms with E-state index in [1.54, 1.807) is 6.26 Å². The minimum Gasteiger partial charge on any atom is -0.464 e. The van der Waals surface area contributed by atoms with E-state index in [9.17, 15) is 0 Å². The van der Waals surface area contributed by atoms with Crippen molar-refractivity contribution in [2.45, 2.75) is 12.8 Å². The number of rotatable bonds is 6. The van der Waals surface area contributed by atoms with Crippen molar-refractivity contribution < 1.29 is 9.15 Å². The van der Waals surface area contributed by atoms with Gasteiger partial charge in [0.05, 0.1) is 6.26 Å². The Balaban J connectivity index is 1.70. The fraction of sp³-hybridized carbons (Fsp3) is 0.158. The summed E-state index contributed by atoms with van der Waals surface area (Å²) < 4.78 is 12.5. The molecule has 0 atom stereocenters. The van der Waals surface area contributed by atoms with Crippen molar-refractivity contribution in [2.75, 3.05) is 4.43 Å². The molecule has 0 N–H and O–H groups in total. The quantitative estimate of drug-likeness (QED) is 0.366. The Kier molecular flexibility index (Phi) is 5.16. The van der Waals surface area contributed by atoms with E-state index in [4.69, 9.17) is 9.15 Å². The number of benzene rings is 2. The van der Waals surface area contributed by atoms with Crippen LogP contribution in [0.2, 0.25) is 0 Å². The second-order valence-corrected chi connectivity index (χ2v) is 6.12. The van der Waals surface area contributed by atoms with Crippen LogP contribution in [-0.4, -0.2) is 4.43 Å². The highest BCUT2D eigenvalue weighted by atomic mass is 127. The van der Waals surface area contributed by atoms with E-state index in [0.29, 0.717) is 0 Å². The number of halogens is 1. The molecule has 0 bridgehead atoms. The topological polar surface area (TPSA) is 22.4 Å². The summed E-state index contributed by atoms with van der Waals surface area (Å²) in [6.45, 7) is 0. The molecule has 0 spiro atoms. The van der Waals surface area contributed by atoms with Crippen molar-refractivity contribution in [3.8, 4) is 22.8 Å². The van der Waals surface area contributed by atoms with Gasteiger partial charge < -0.3 is 9.15 Å². The Labute approximate surface area is 144 Å². The highest BCUT2D eigenvalue weighted by molar-refractivity contribution is 14.1. The zero-order valence-corrected chi connectivity index (χ0v) is 14.3. The van der Waals surface area contributed by atoms with Crippen LogP contribution in [0.3, 0.4) is 0 Å². The van der Waals surface area contributed by atoms with Crippen molar-refractivity contribution in [3.05, 3.63) is 72.5 Å². The van der Waals surface area contributed by atoms with Crippen LogP contribution in [-0.2, 0) is 6.42 Å². The lowest BCUT2D eigenvalue weighted by atomic mass is 10.1. The molecule has 0 amide bonds. The Bertz CT molecular complexity index is 703. The molecule has 112 valence electrons. The smallest absolute Gasteiger partial charge is 0.133 e. The number of aryl methyl sites for hydroxylation is 1. The van der Waals surface area contributed by atoms with Gasteiger partial charge in [0.1, 0.15) is 17.3 Å². The standard InChI is InChI=1S/C19H17IO2/c20-12-2-5-15-4-1-6-18(14-15)22-17-10-8-16(9-11-17)19-7-3-13-21-19/h1,3-4,6-11,13-14H,2,5,12H2. The van der Waals surface area contributed by atoms with E-state index < -0.39 is 0 Å². The van der Waals surface area contributed by atoms with Crippen molar-refractivity contribution >= 4 is 22.6 Å². The maximum absolute atomic E-state index is 5.94. The SMILES string of the molecule is ICCCc1cccc(Oc2ccc(-c3ccco3)cc2)c1. The molecule has 1 heterocycles. The molecular weight excluding hydrogens is 387 g/mol. The van der Waals surface area contributed by atoms with Gasteiger partial charge in [-0.15, -0.1) is 0 Å². The molecule has 3 heteroatoms. The van der Waals surface area contributed by atoms with Crippen LogP contribution in [0.15, 0.2) is 71.3 Å². The van der Waals surface area contributed by atoms with Gasteiger partial charge in [0, 0.05) is 5.56 Å². The van der Waals surface area contributed by atoms with Crippen LogP contribution in [0.5, 0.6) is 11.5 Å². The minimum absolute atomic E-state index is 0.835. The molecule has 22 heavy (non-hydrogen) atoms. The molecule has 3 rings (SSSR count). The molecular formula is C19H17IO2. The molecule has 0 aliphatic carbocycles. The number of hydrogen-bond acceptors (Lipinski definition) is 2. The first-order valence-corrected chi connectivity index (χ1v) is 8.84. The molecule has 0 saturated carbocycles. The van der Waals surface area contributed by atoms with Gasteiger partial charge in [-0.1, -0.05) is 34.7 Å². The van der Waals surface area contributed by atoms with Gasteiger partial charge in [0.2, 0.25) is 0 Å². The normalized spacial score (nSPS) is 10.6. The molecule has 3 aromatic rings. The first-order chi connectivity index (χ1) is 10.8. The zero-order chi connectivity index (χ0) is 15.2. The number of alkyl halides is 1. The first-order valence-electron chi connectivity index (χ1n) is 7.32. The molecule has 2 aromatic carbocycles. The predicted molar refractivity (Wildman–Crippen MR) is 97.9 cm³/mol. The second-order valence-electron chi connectivity index (χ2n) is 5.04. The first kappa shape index (κ1) is 15.2. The number of ether oxygens (including phenoxy) is 1. The Morgan fingerprint density at radius 2 is 1.77 bits per heavy atom. The van der Waals surface area contributed by atoms with Crippen LogP contribution < -0.4 is 4.74 Å². The fourth-order valence-electron chi connectivity index (χ4n) is 2.30. The Morgan fingerprint density at radius 1 is 0.909 bits per heavy atom. The van der Waals surface area contributed by atoms with Crippen LogP contribution in [0.1, 0.15) is 12.0 Å². The third-order valence-corrected chi connectivity index (χ3v) is 4.16. The van der Waals surface area contributed by atoms with E-state index in [2.05, 4.69) is 40.8 Å². The summed E-state index contributed by atoms with van der Waals surface area (Å²) in [5.74, 6) is 2.59. The number of furan rings is 1. The largest absolute Gasteiger partial charge is 0.464 e. The van der Waals surface area contributed by atoms with E-state index in [1.165, 1.54) is 16.4 Å². The average molecular weight is 404 g/mol. The second kappa shape index (κ2) is 7.49. The van der Waals surface area contributed by atoms with Crippen LogP contribution in [0, 0.1) is 0 Å². The molecule has 2 nitrogen and oxygen atoms in total. The lowest BCUT2D eigenvalue weighted by Gasteiger charge is -2.08. The molecule has 0 radical (unpaired) electrons. The summed E-state index contributed by atoms with van der Waals surface area (Å²) in [7, 11) is 0. The summed E-state index contributed by atoms with van der Waals surface area (Å²) in [4.78, 5) is 0. The minimum atomic E-state index is 0.835. The zero-order valence-electron chi connectivity index (χ0n) is 12.2. The van der Waals surface area contributed by atoms with Gasteiger partial charge in [0.25, 0.3) is 0 Å². The molecule has 1 aromatic heterocycles. The van der Waals surface area contributed by atoms with Gasteiger partial charge in [-0.2, -0.15) is 0 Å². The van der Waals surface area contributed by atoms with Crippen molar-refractivity contribution in [2.24, 2.45) is 0 Å². The molecule has 0 aliphatic rings. The average Bonchev–Trinajstić information content (AvgIpc) is 3.08. The van der Waals surface area contributed by atoms with Crippen LogP contribution >= 0.6 is 22.6 Å². The number of hydrogen-bond donors (Lipinski definition) is 0. The summed E-state index contributed by atoms with van der Waals surface area (Å²) in [6.07, 6.45) is 3.97. The molecule has 0 fully saturated rings. The maximum atomic E-state index is 5.94. The predicted octanol–water partition coefficient (Wildman–Crippen LogP) is 6.11. The van der Waals surface area contributed by atoms with E-state index in [-0.39, 0.29) is 0 Å². The summed E-state index contributed by atoms with van der Waals surface area (Å²) in [5, 5.41) is 0. The van der Waals surface area contributed by atoms with Gasteiger partial charge in [-0.3, -0.25) is 0 Å². The van der Waals surface area contributed by atoms with E-state index >= 15 is 0 Å². The van der Waals surface area contributed by atoms with Gasteiger partial charge in [-0.05, 0) is 71.4 Å². The van der Waals surface area contributed by atoms with Gasteiger partial charge >= 0.3 is 0 Å². The molecule has 0 aliphatic heterocycles. The Morgan fingerprint density at radius 3 is 2.50 bits per heavy atom. The highest BCUT2D eigenvalue weighted by Crippen LogP contribution is 2.26. The van der Waals surface area contributed by atoms with E-state index in [0.717, 1.165) is 29.2 Å². The van der Waals surface area contributed by atoms with Gasteiger partial charge in [-0.25, -0.2) is 0 Å². The lowest BCUT2D eigenvalue weighted by molar-refractivity contribution is 0.482. The summed E-state index contributed by atoms with van der Waals surface area (Å²) in [5.41, 5.74) is 2.37. The van der Waals surface area contributed by atoms with Crippen LogP contribution in [0.4, 0.5) is 0 Å². The monoisotopic (exact) mass is 404 g/mol. The summed E-state index contributed by atoms with van der Waals surface area (Å²) >= 11 is 2.41. The molecule has 0 unspecified atom stereocenters. The third-order valence-electron chi connectivity index (χ3n) is 3.39. The van der Waals surface area contributed by atoms with Crippen LogP contribution in [0.25, 0.3) is 11.3 Å². The lowest BCUT2D eigenvalue weighted by Crippen LogP contribution is -1.89. The van der Waals surface area contributed by atoms with Crippen molar-refractivity contribution in [1.29, 1.82) is 0 Å². The summed E-state index contributed by atoms with van der Waals surface area (Å²) in [6, 6.07) is 20.1. The Hall–Kier alpha value is -1.75. The van der Waals surface area contributed by atoms with Crippen molar-refractivity contribution in [1.82, 2.24) is 0 Å². The highest BCUT2D eigenvalue weighted by Gasteiger charge is 2.03. The maximum Gasteiger partial charge on any atom is 0.133 e. The van der Waals surface area contributed by atoms with Crippen molar-refractivity contribution in [3.63, 3.8) is 0 Å². The van der Waals surface area contributed by atoms with E-state index in [1.807, 2.05) is 42.5 Å². The fourth-order valence-corrected chi connectivity index (χ4v) is 2.68. The molecule has 0 saturated heterocycles.